The summed E-state index contributed by atoms with van der Waals surface area (Å²) in [5, 5.41) is 7.57. The van der Waals surface area contributed by atoms with Crippen LogP contribution in [0.4, 0.5) is 21.9 Å². The van der Waals surface area contributed by atoms with Crippen LogP contribution in [-0.2, 0) is 4.74 Å². The van der Waals surface area contributed by atoms with Crippen LogP contribution in [-0.4, -0.2) is 17.6 Å². The topological polar surface area (TPSA) is 93.5 Å². The summed E-state index contributed by atoms with van der Waals surface area (Å²) in [5.41, 5.74) is 7.96. The molecule has 7 heteroatoms. The minimum atomic E-state index is -0.631. The molecule has 4 N–H and O–H groups in total. The molecule has 0 spiro atoms. The van der Waals surface area contributed by atoms with Crippen molar-refractivity contribution in [3.8, 4) is 10.4 Å². The molecule has 1 aromatic heterocycles. The summed E-state index contributed by atoms with van der Waals surface area (Å²) in [6, 6.07) is 16.0. The quantitative estimate of drug-likeness (QED) is 0.489. The van der Waals surface area contributed by atoms with Crippen molar-refractivity contribution in [3.05, 3.63) is 65.5 Å². The maximum atomic E-state index is 12.7. The molecule has 3 rings (SSSR count). The van der Waals surface area contributed by atoms with Gasteiger partial charge in [0, 0.05) is 16.1 Å². The van der Waals surface area contributed by atoms with E-state index in [1.54, 1.807) is 62.4 Å². The highest BCUT2D eigenvalue weighted by Crippen LogP contribution is 2.32. The van der Waals surface area contributed by atoms with Crippen LogP contribution in [0.1, 0.15) is 31.1 Å². The number of benzene rings is 2. The van der Waals surface area contributed by atoms with E-state index in [0.29, 0.717) is 22.6 Å². The van der Waals surface area contributed by atoms with Crippen LogP contribution in [0.5, 0.6) is 0 Å². The minimum Gasteiger partial charge on any atom is -0.444 e. The normalized spacial score (nSPS) is 11.0. The molecule has 0 aliphatic carbocycles. The number of hydrogen-bond acceptors (Lipinski definition) is 5. The lowest BCUT2D eigenvalue weighted by Crippen LogP contribution is -2.27. The van der Waals surface area contributed by atoms with Crippen molar-refractivity contribution in [2.75, 3.05) is 16.4 Å². The zero-order valence-electron chi connectivity index (χ0n) is 16.5. The summed E-state index contributed by atoms with van der Waals surface area (Å²) in [6.45, 7) is 5.36. The second-order valence-corrected chi connectivity index (χ2v) is 8.39. The first-order valence-electron chi connectivity index (χ1n) is 9.06. The lowest BCUT2D eigenvalue weighted by atomic mass is 10.1. The Morgan fingerprint density at radius 3 is 2.31 bits per heavy atom. The Morgan fingerprint density at radius 1 is 0.966 bits per heavy atom. The van der Waals surface area contributed by atoms with Gasteiger partial charge in [-0.15, -0.1) is 11.3 Å². The predicted molar refractivity (Wildman–Crippen MR) is 118 cm³/mol. The summed E-state index contributed by atoms with van der Waals surface area (Å²) in [6.07, 6.45) is -0.593. The second kappa shape index (κ2) is 8.36. The van der Waals surface area contributed by atoms with Gasteiger partial charge in [-0.3, -0.25) is 10.1 Å². The van der Waals surface area contributed by atoms with Crippen LogP contribution in [0.25, 0.3) is 10.4 Å². The highest BCUT2D eigenvalue weighted by atomic mass is 32.1. The number of ether oxygens (including phenoxy) is 1. The molecular formula is C22H23N3O3S. The number of thiophene rings is 1. The van der Waals surface area contributed by atoms with Crippen molar-refractivity contribution < 1.29 is 14.3 Å². The van der Waals surface area contributed by atoms with E-state index in [9.17, 15) is 9.59 Å². The highest BCUT2D eigenvalue weighted by Gasteiger charge is 2.18. The lowest BCUT2D eigenvalue weighted by molar-refractivity contribution is 0.0635. The van der Waals surface area contributed by atoms with Gasteiger partial charge in [0.2, 0.25) is 0 Å². The predicted octanol–water partition coefficient (Wildman–Crippen LogP) is 5.60. The van der Waals surface area contributed by atoms with Gasteiger partial charge in [-0.25, -0.2) is 4.79 Å². The third kappa shape index (κ3) is 5.58. The Bertz CT molecular complexity index is 1010. The summed E-state index contributed by atoms with van der Waals surface area (Å²) in [7, 11) is 0. The van der Waals surface area contributed by atoms with Crippen molar-refractivity contribution in [1.82, 2.24) is 0 Å². The lowest BCUT2D eigenvalue weighted by Gasteiger charge is -2.21. The van der Waals surface area contributed by atoms with Crippen molar-refractivity contribution >= 4 is 40.4 Å². The van der Waals surface area contributed by atoms with Gasteiger partial charge in [-0.2, -0.15) is 0 Å². The van der Waals surface area contributed by atoms with E-state index >= 15 is 0 Å². The van der Waals surface area contributed by atoms with Gasteiger partial charge in [0.25, 0.3) is 5.91 Å². The van der Waals surface area contributed by atoms with Gasteiger partial charge < -0.3 is 15.8 Å². The first kappa shape index (κ1) is 20.4. The SMILES string of the molecule is CC(C)(C)OC(=O)Nc1ccc(-c2cccs2)cc1NC(=O)c1ccc(N)cc1. The molecule has 0 fully saturated rings. The Balaban J connectivity index is 1.90. The first-order valence-corrected chi connectivity index (χ1v) is 9.94. The summed E-state index contributed by atoms with van der Waals surface area (Å²) in [5.74, 6) is -0.305. The van der Waals surface area contributed by atoms with E-state index < -0.39 is 11.7 Å². The van der Waals surface area contributed by atoms with Crippen molar-refractivity contribution in [2.45, 2.75) is 26.4 Å². The molecule has 6 nitrogen and oxygen atoms in total. The maximum absolute atomic E-state index is 12.7. The molecule has 29 heavy (non-hydrogen) atoms. The number of nitrogen functional groups attached to an aromatic ring is 1. The fraction of sp³-hybridized carbons (Fsp3) is 0.182. The van der Waals surface area contributed by atoms with Crippen LogP contribution in [0.2, 0.25) is 0 Å². The average Bonchev–Trinajstić information content (AvgIpc) is 3.16. The monoisotopic (exact) mass is 409 g/mol. The molecule has 2 amide bonds. The molecule has 0 atom stereocenters. The second-order valence-electron chi connectivity index (χ2n) is 7.44. The zero-order chi connectivity index (χ0) is 21.0. The minimum absolute atomic E-state index is 0.305. The van der Waals surface area contributed by atoms with Gasteiger partial charge in [-0.1, -0.05) is 12.1 Å². The van der Waals surface area contributed by atoms with Gasteiger partial charge in [-0.05, 0) is 74.2 Å². The number of nitrogens with one attached hydrogen (secondary N) is 2. The third-order valence-electron chi connectivity index (χ3n) is 3.88. The van der Waals surface area contributed by atoms with Crippen LogP contribution in [0.3, 0.4) is 0 Å². The molecule has 2 aromatic carbocycles. The van der Waals surface area contributed by atoms with Crippen LogP contribution < -0.4 is 16.4 Å². The molecule has 1 heterocycles. The van der Waals surface area contributed by atoms with Gasteiger partial charge in [0.15, 0.2) is 0 Å². The van der Waals surface area contributed by atoms with Gasteiger partial charge in [0.1, 0.15) is 5.60 Å². The highest BCUT2D eigenvalue weighted by molar-refractivity contribution is 7.13. The van der Waals surface area contributed by atoms with Crippen LogP contribution in [0, 0.1) is 0 Å². The van der Waals surface area contributed by atoms with E-state index in [1.165, 1.54) is 0 Å². The first-order chi connectivity index (χ1) is 13.7. The standard InChI is InChI=1S/C22H23N3O3S/c1-22(2,3)28-21(27)25-17-11-8-15(19-5-4-12-29-19)13-18(17)24-20(26)14-6-9-16(23)10-7-14/h4-13H,23H2,1-3H3,(H,24,26)(H,25,27). The van der Waals surface area contributed by atoms with E-state index in [4.69, 9.17) is 10.5 Å². The van der Waals surface area contributed by atoms with Crippen molar-refractivity contribution in [3.63, 3.8) is 0 Å². The van der Waals surface area contributed by atoms with Gasteiger partial charge in [0.05, 0.1) is 11.4 Å². The smallest absolute Gasteiger partial charge is 0.412 e. The number of rotatable bonds is 4. The molecule has 0 aliphatic heterocycles. The Kier molecular flexibility index (Phi) is 5.89. The molecule has 0 aliphatic rings. The van der Waals surface area contributed by atoms with E-state index in [-0.39, 0.29) is 5.91 Å². The fourth-order valence-electron chi connectivity index (χ4n) is 2.60. The number of amides is 2. The zero-order valence-corrected chi connectivity index (χ0v) is 17.3. The van der Waals surface area contributed by atoms with Crippen molar-refractivity contribution in [1.29, 1.82) is 0 Å². The Labute approximate surface area is 173 Å². The Morgan fingerprint density at radius 2 is 1.69 bits per heavy atom. The largest absolute Gasteiger partial charge is 0.444 e. The van der Waals surface area contributed by atoms with Gasteiger partial charge >= 0.3 is 6.09 Å². The number of hydrogen-bond donors (Lipinski definition) is 3. The van der Waals surface area contributed by atoms with E-state index in [0.717, 1.165) is 10.4 Å². The third-order valence-corrected chi connectivity index (χ3v) is 4.80. The number of nitrogens with two attached hydrogens (primary N) is 1. The maximum Gasteiger partial charge on any atom is 0.412 e. The molecule has 150 valence electrons. The molecular weight excluding hydrogens is 386 g/mol. The average molecular weight is 410 g/mol. The molecule has 0 saturated carbocycles. The van der Waals surface area contributed by atoms with Crippen LogP contribution in [0.15, 0.2) is 60.0 Å². The fourth-order valence-corrected chi connectivity index (χ4v) is 3.32. The summed E-state index contributed by atoms with van der Waals surface area (Å²) >= 11 is 1.59. The Hall–Kier alpha value is -3.32. The summed E-state index contributed by atoms with van der Waals surface area (Å²) < 4.78 is 5.33. The summed E-state index contributed by atoms with van der Waals surface area (Å²) in [4.78, 5) is 26.0. The molecule has 0 bridgehead atoms. The van der Waals surface area contributed by atoms with E-state index in [2.05, 4.69) is 10.6 Å². The van der Waals surface area contributed by atoms with Crippen LogP contribution >= 0.6 is 11.3 Å². The molecule has 0 unspecified atom stereocenters. The molecule has 0 radical (unpaired) electrons. The molecule has 0 saturated heterocycles. The number of carbonyl (C=O) groups excluding carboxylic acids is 2. The number of anilines is 3. The number of carbonyl (C=O) groups is 2. The van der Waals surface area contributed by atoms with E-state index in [1.807, 2.05) is 29.6 Å². The molecule has 3 aromatic rings. The van der Waals surface area contributed by atoms with Crippen molar-refractivity contribution in [2.24, 2.45) is 0 Å².